The summed E-state index contributed by atoms with van der Waals surface area (Å²) in [5.41, 5.74) is 0.769. The van der Waals surface area contributed by atoms with Gasteiger partial charge in [-0.1, -0.05) is 5.16 Å². The molecular formula is C18H21N5O4. The summed E-state index contributed by atoms with van der Waals surface area (Å²) in [4.78, 5) is 29.3. The highest BCUT2D eigenvalue weighted by atomic mass is 16.6. The van der Waals surface area contributed by atoms with Gasteiger partial charge in [0.15, 0.2) is 5.82 Å². The molecule has 0 atom stereocenters. The summed E-state index contributed by atoms with van der Waals surface area (Å²) in [6, 6.07) is 4.61. The second kappa shape index (κ2) is 6.98. The Morgan fingerprint density at radius 2 is 2.00 bits per heavy atom. The fraction of sp³-hybridized carbons (Fsp3) is 0.500. The lowest BCUT2D eigenvalue weighted by Crippen LogP contribution is -2.33. The van der Waals surface area contributed by atoms with Crippen LogP contribution in [0.2, 0.25) is 0 Å². The van der Waals surface area contributed by atoms with Gasteiger partial charge < -0.3 is 14.7 Å². The number of piperidine rings is 1. The zero-order valence-electron chi connectivity index (χ0n) is 15.1. The van der Waals surface area contributed by atoms with Crippen LogP contribution in [0, 0.1) is 10.1 Å². The maximum atomic E-state index is 11.8. The van der Waals surface area contributed by atoms with Crippen LogP contribution >= 0.6 is 0 Å². The molecule has 0 spiro atoms. The summed E-state index contributed by atoms with van der Waals surface area (Å²) >= 11 is 0. The van der Waals surface area contributed by atoms with Crippen LogP contribution in [0.15, 0.2) is 22.7 Å². The highest BCUT2D eigenvalue weighted by Gasteiger charge is 2.32. The molecule has 0 radical (unpaired) electrons. The maximum Gasteiger partial charge on any atom is 0.293 e. The Balaban J connectivity index is 1.48. The summed E-state index contributed by atoms with van der Waals surface area (Å²) in [6.45, 7) is 1.33. The van der Waals surface area contributed by atoms with Crippen LogP contribution in [0.1, 0.15) is 59.6 Å². The topological polar surface area (TPSA) is 114 Å². The highest BCUT2D eigenvalue weighted by molar-refractivity contribution is 5.95. The number of hydrogen-bond acceptors (Lipinski definition) is 7. The van der Waals surface area contributed by atoms with E-state index < -0.39 is 4.92 Å². The van der Waals surface area contributed by atoms with E-state index in [1.807, 2.05) is 4.90 Å². The van der Waals surface area contributed by atoms with Crippen LogP contribution in [-0.4, -0.2) is 41.1 Å². The molecule has 1 amide bonds. The first-order valence-corrected chi connectivity index (χ1v) is 9.15. The Morgan fingerprint density at radius 1 is 1.26 bits per heavy atom. The van der Waals surface area contributed by atoms with Crippen molar-refractivity contribution in [1.82, 2.24) is 15.5 Å². The molecule has 0 bridgehead atoms. The second-order valence-corrected chi connectivity index (χ2v) is 7.07. The van der Waals surface area contributed by atoms with Crippen LogP contribution in [-0.2, 0) is 0 Å². The molecule has 142 valence electrons. The van der Waals surface area contributed by atoms with Crippen molar-refractivity contribution >= 4 is 17.3 Å². The van der Waals surface area contributed by atoms with E-state index in [-0.39, 0.29) is 23.1 Å². The van der Waals surface area contributed by atoms with E-state index in [1.165, 1.54) is 13.1 Å². The smallest absolute Gasteiger partial charge is 0.293 e. The Morgan fingerprint density at radius 3 is 2.63 bits per heavy atom. The minimum absolute atomic E-state index is 0.0508. The van der Waals surface area contributed by atoms with Crippen molar-refractivity contribution in [2.24, 2.45) is 0 Å². The number of nitrogens with one attached hydrogen (secondary N) is 1. The standard InChI is InChI=1S/C18H21N5O4/c1-19-17(24)13-4-5-14(15(10-13)23(25)26)22-8-6-11(7-9-22)16-20-18(27-21-16)12-2-3-12/h4-5,10-12H,2-3,6-9H2,1H3,(H,19,24). The van der Waals surface area contributed by atoms with Gasteiger partial charge in [-0.2, -0.15) is 4.98 Å². The SMILES string of the molecule is CNC(=O)c1ccc(N2CCC(c3noc(C4CC4)n3)CC2)c([N+](=O)[O-])c1. The molecule has 2 fully saturated rings. The number of carbonyl (C=O) groups is 1. The molecule has 1 aliphatic carbocycles. The number of benzene rings is 1. The number of nitro benzene ring substituents is 1. The summed E-state index contributed by atoms with van der Waals surface area (Å²) in [5.74, 6) is 1.80. The molecule has 1 saturated carbocycles. The monoisotopic (exact) mass is 371 g/mol. The Labute approximate surface area is 155 Å². The van der Waals surface area contributed by atoms with Gasteiger partial charge >= 0.3 is 0 Å². The van der Waals surface area contributed by atoms with Crippen molar-refractivity contribution in [1.29, 1.82) is 0 Å². The minimum Gasteiger partial charge on any atom is -0.366 e. The van der Waals surface area contributed by atoms with E-state index in [2.05, 4.69) is 15.5 Å². The molecule has 0 unspecified atom stereocenters. The number of nitro groups is 1. The number of aromatic nitrogens is 2. The molecule has 1 N–H and O–H groups in total. The van der Waals surface area contributed by atoms with Crippen LogP contribution in [0.3, 0.4) is 0 Å². The first-order valence-electron chi connectivity index (χ1n) is 9.15. The van der Waals surface area contributed by atoms with E-state index in [0.29, 0.717) is 24.7 Å². The molecule has 2 heterocycles. The van der Waals surface area contributed by atoms with Gasteiger partial charge in [0.2, 0.25) is 5.89 Å². The lowest BCUT2D eigenvalue weighted by atomic mass is 9.95. The first kappa shape index (κ1) is 17.4. The van der Waals surface area contributed by atoms with Crippen molar-refractivity contribution in [3.05, 3.63) is 45.6 Å². The van der Waals surface area contributed by atoms with Crippen LogP contribution in [0.5, 0.6) is 0 Å². The molecule has 1 saturated heterocycles. The highest BCUT2D eigenvalue weighted by Crippen LogP contribution is 2.40. The predicted molar refractivity (Wildman–Crippen MR) is 96.9 cm³/mol. The number of nitrogens with zero attached hydrogens (tertiary/aromatic N) is 4. The Kier molecular flexibility index (Phi) is 4.51. The number of carbonyl (C=O) groups excluding carboxylic acids is 1. The van der Waals surface area contributed by atoms with E-state index in [9.17, 15) is 14.9 Å². The normalized spacial score (nSPS) is 17.7. The van der Waals surface area contributed by atoms with Gasteiger partial charge in [-0.3, -0.25) is 14.9 Å². The second-order valence-electron chi connectivity index (χ2n) is 7.07. The minimum atomic E-state index is -0.436. The van der Waals surface area contributed by atoms with Crippen LogP contribution in [0.25, 0.3) is 0 Å². The van der Waals surface area contributed by atoms with E-state index in [1.54, 1.807) is 12.1 Å². The fourth-order valence-electron chi connectivity index (χ4n) is 3.51. The van der Waals surface area contributed by atoms with Gasteiger partial charge in [0.1, 0.15) is 5.69 Å². The van der Waals surface area contributed by atoms with Crippen molar-refractivity contribution in [2.75, 3.05) is 25.0 Å². The number of rotatable bonds is 5. The number of amides is 1. The third kappa shape index (κ3) is 3.49. The molecule has 9 heteroatoms. The van der Waals surface area contributed by atoms with E-state index >= 15 is 0 Å². The van der Waals surface area contributed by atoms with Gasteiger partial charge in [-0.25, -0.2) is 0 Å². The summed E-state index contributed by atoms with van der Waals surface area (Å²) in [6.07, 6.45) is 3.85. The largest absolute Gasteiger partial charge is 0.366 e. The Hall–Kier alpha value is -2.97. The average molecular weight is 371 g/mol. The third-order valence-corrected chi connectivity index (χ3v) is 5.25. The predicted octanol–water partition coefficient (Wildman–Crippen LogP) is 2.60. The molecule has 1 aromatic heterocycles. The summed E-state index contributed by atoms with van der Waals surface area (Å²) in [5, 5.41) is 18.1. The molecule has 2 aliphatic rings. The van der Waals surface area contributed by atoms with Gasteiger partial charge in [-0.05, 0) is 37.8 Å². The van der Waals surface area contributed by atoms with Gasteiger partial charge in [0.25, 0.3) is 11.6 Å². The van der Waals surface area contributed by atoms with Crippen molar-refractivity contribution in [3.8, 4) is 0 Å². The molecular weight excluding hydrogens is 350 g/mol. The van der Waals surface area contributed by atoms with E-state index in [4.69, 9.17) is 4.52 Å². The number of anilines is 1. The zero-order valence-corrected chi connectivity index (χ0v) is 15.1. The van der Waals surface area contributed by atoms with Gasteiger partial charge in [0, 0.05) is 43.6 Å². The van der Waals surface area contributed by atoms with Crippen molar-refractivity contribution in [3.63, 3.8) is 0 Å². The summed E-state index contributed by atoms with van der Waals surface area (Å²) < 4.78 is 5.35. The average Bonchev–Trinajstić information content (AvgIpc) is 3.44. The van der Waals surface area contributed by atoms with Crippen LogP contribution in [0.4, 0.5) is 11.4 Å². The van der Waals surface area contributed by atoms with Crippen LogP contribution < -0.4 is 10.2 Å². The van der Waals surface area contributed by atoms with Crippen molar-refractivity contribution < 1.29 is 14.2 Å². The quantitative estimate of drug-likeness (QED) is 0.634. The number of hydrogen-bond donors (Lipinski definition) is 1. The molecule has 2 aromatic rings. The lowest BCUT2D eigenvalue weighted by molar-refractivity contribution is -0.384. The van der Waals surface area contributed by atoms with Gasteiger partial charge in [-0.15, -0.1) is 0 Å². The fourth-order valence-corrected chi connectivity index (χ4v) is 3.51. The third-order valence-electron chi connectivity index (χ3n) is 5.25. The molecule has 1 aliphatic heterocycles. The van der Waals surface area contributed by atoms with Crippen molar-refractivity contribution in [2.45, 2.75) is 37.5 Å². The molecule has 27 heavy (non-hydrogen) atoms. The summed E-state index contributed by atoms with van der Waals surface area (Å²) in [7, 11) is 1.50. The first-order chi connectivity index (χ1) is 13.1. The molecule has 9 nitrogen and oxygen atoms in total. The lowest BCUT2D eigenvalue weighted by Gasteiger charge is -2.32. The molecule has 1 aromatic carbocycles. The Bertz CT molecular complexity index is 868. The maximum absolute atomic E-state index is 11.8. The van der Waals surface area contributed by atoms with E-state index in [0.717, 1.165) is 37.4 Å². The molecule has 4 rings (SSSR count). The van der Waals surface area contributed by atoms with Gasteiger partial charge in [0.05, 0.1) is 4.92 Å². The zero-order chi connectivity index (χ0) is 19.0.